The molecule has 9 heteroatoms. The van der Waals surface area contributed by atoms with E-state index < -0.39 is 0 Å². The highest BCUT2D eigenvalue weighted by Crippen LogP contribution is 2.40. The number of halogens is 1. The molecule has 144 valence electrons. The molecule has 1 aromatic carbocycles. The third kappa shape index (κ3) is 4.28. The van der Waals surface area contributed by atoms with Gasteiger partial charge >= 0.3 is 6.03 Å². The molecule has 1 aromatic heterocycles. The number of nitrogens with one attached hydrogen (secondary N) is 1. The largest absolute Gasteiger partial charge is 0.493 e. The Bertz CT molecular complexity index is 784. The summed E-state index contributed by atoms with van der Waals surface area (Å²) in [5, 5.41) is 3.36. The number of benzene rings is 1. The molecule has 0 bridgehead atoms. The fourth-order valence-electron chi connectivity index (χ4n) is 2.64. The van der Waals surface area contributed by atoms with Crippen LogP contribution < -0.4 is 24.3 Å². The molecule has 0 unspecified atom stereocenters. The average molecular weight is 394 g/mol. The zero-order valence-corrected chi connectivity index (χ0v) is 15.9. The minimum Gasteiger partial charge on any atom is -0.493 e. The quantitative estimate of drug-likeness (QED) is 0.812. The van der Waals surface area contributed by atoms with Crippen LogP contribution in [0.3, 0.4) is 0 Å². The van der Waals surface area contributed by atoms with Crippen molar-refractivity contribution in [2.45, 2.75) is 6.10 Å². The minimum absolute atomic E-state index is 0.107. The molecule has 1 saturated heterocycles. The predicted molar refractivity (Wildman–Crippen MR) is 100 cm³/mol. The van der Waals surface area contributed by atoms with E-state index in [1.165, 1.54) is 27.5 Å². The number of nitrogens with zero attached hydrogens (tertiary/aromatic N) is 2. The number of carbonyl (C=O) groups excluding carboxylic acids is 1. The fourth-order valence-corrected chi connectivity index (χ4v) is 2.75. The van der Waals surface area contributed by atoms with E-state index in [0.717, 1.165) is 0 Å². The number of anilines is 1. The first-order valence-corrected chi connectivity index (χ1v) is 8.56. The lowest BCUT2D eigenvalue weighted by Gasteiger charge is -2.38. The Morgan fingerprint density at radius 2 is 1.81 bits per heavy atom. The van der Waals surface area contributed by atoms with Crippen LogP contribution in [0.5, 0.6) is 23.1 Å². The van der Waals surface area contributed by atoms with Gasteiger partial charge in [0.25, 0.3) is 0 Å². The monoisotopic (exact) mass is 393 g/mol. The van der Waals surface area contributed by atoms with Gasteiger partial charge in [-0.25, -0.2) is 9.78 Å². The van der Waals surface area contributed by atoms with Crippen LogP contribution in [0.15, 0.2) is 30.5 Å². The number of rotatable bonds is 6. The van der Waals surface area contributed by atoms with E-state index in [1.807, 2.05) is 0 Å². The number of hydrogen-bond acceptors (Lipinski definition) is 6. The van der Waals surface area contributed by atoms with Crippen LogP contribution in [0, 0.1) is 0 Å². The maximum atomic E-state index is 12.4. The molecule has 0 aliphatic carbocycles. The second-order valence-corrected chi connectivity index (χ2v) is 6.24. The number of likely N-dealkylation sites (tertiary alicyclic amines) is 1. The molecule has 3 rings (SSSR count). The van der Waals surface area contributed by atoms with E-state index in [4.69, 9.17) is 30.5 Å². The lowest BCUT2D eigenvalue weighted by molar-refractivity contribution is 0.0461. The van der Waals surface area contributed by atoms with Crippen LogP contribution in [-0.4, -0.2) is 56.4 Å². The van der Waals surface area contributed by atoms with Crippen LogP contribution in [0.4, 0.5) is 10.5 Å². The number of amides is 2. The second-order valence-electron chi connectivity index (χ2n) is 5.80. The molecule has 1 N–H and O–H groups in total. The molecule has 0 spiro atoms. The molecule has 27 heavy (non-hydrogen) atoms. The van der Waals surface area contributed by atoms with Gasteiger partial charge in [-0.05, 0) is 6.07 Å². The number of pyridine rings is 1. The number of ether oxygens (including phenoxy) is 4. The van der Waals surface area contributed by atoms with E-state index >= 15 is 0 Å². The Hall–Kier alpha value is -2.87. The number of hydrogen-bond donors (Lipinski definition) is 1. The standard InChI is InChI=1S/C18H20ClN3O5/c1-24-14-6-12(7-15(25-2)17(14)26-3)21-18(23)22-9-13(10-22)27-16-5-4-11(19)8-20-16/h4-8,13H,9-10H2,1-3H3,(H,21,23). The molecule has 0 radical (unpaired) electrons. The van der Waals surface area contributed by atoms with Crippen LogP contribution in [0.2, 0.25) is 5.02 Å². The minimum atomic E-state index is -0.242. The van der Waals surface area contributed by atoms with Crippen LogP contribution >= 0.6 is 11.6 Å². The Morgan fingerprint density at radius 3 is 2.33 bits per heavy atom. The lowest BCUT2D eigenvalue weighted by Crippen LogP contribution is -2.57. The third-order valence-electron chi connectivity index (χ3n) is 4.04. The zero-order valence-electron chi connectivity index (χ0n) is 15.2. The van der Waals surface area contributed by atoms with Gasteiger partial charge in [-0.3, -0.25) is 0 Å². The van der Waals surface area contributed by atoms with Crippen molar-refractivity contribution >= 4 is 23.3 Å². The van der Waals surface area contributed by atoms with Gasteiger partial charge in [-0.2, -0.15) is 0 Å². The Kier molecular flexibility index (Phi) is 5.75. The molecule has 0 saturated carbocycles. The van der Waals surface area contributed by atoms with Crippen molar-refractivity contribution in [2.24, 2.45) is 0 Å². The van der Waals surface area contributed by atoms with Gasteiger partial charge in [-0.15, -0.1) is 0 Å². The molecular weight excluding hydrogens is 374 g/mol. The number of carbonyl (C=O) groups is 1. The normalized spacial score (nSPS) is 13.6. The maximum absolute atomic E-state index is 12.4. The Balaban J connectivity index is 1.58. The van der Waals surface area contributed by atoms with E-state index in [1.54, 1.807) is 29.2 Å². The SMILES string of the molecule is COc1cc(NC(=O)N2CC(Oc3ccc(Cl)cn3)C2)cc(OC)c1OC. The fraction of sp³-hybridized carbons (Fsp3) is 0.333. The van der Waals surface area contributed by atoms with Gasteiger partial charge in [0.2, 0.25) is 11.6 Å². The summed E-state index contributed by atoms with van der Waals surface area (Å²) in [6.45, 7) is 0.918. The number of urea groups is 1. The van der Waals surface area contributed by atoms with Gasteiger partial charge in [-0.1, -0.05) is 11.6 Å². The van der Waals surface area contributed by atoms with Crippen molar-refractivity contribution in [1.29, 1.82) is 0 Å². The van der Waals surface area contributed by atoms with Crippen molar-refractivity contribution < 1.29 is 23.7 Å². The molecule has 1 aliphatic heterocycles. The summed E-state index contributed by atoms with van der Waals surface area (Å²) in [5.74, 6) is 1.87. The van der Waals surface area contributed by atoms with Crippen molar-refractivity contribution in [3.63, 3.8) is 0 Å². The highest BCUT2D eigenvalue weighted by molar-refractivity contribution is 6.30. The van der Waals surface area contributed by atoms with Crippen molar-refractivity contribution in [2.75, 3.05) is 39.7 Å². The smallest absolute Gasteiger partial charge is 0.322 e. The summed E-state index contributed by atoms with van der Waals surface area (Å²) in [6.07, 6.45) is 1.41. The predicted octanol–water partition coefficient (Wildman–Crippen LogP) is 3.06. The highest BCUT2D eigenvalue weighted by atomic mass is 35.5. The summed E-state index contributed by atoms with van der Waals surface area (Å²) in [7, 11) is 4.56. The molecule has 8 nitrogen and oxygen atoms in total. The molecule has 0 atom stereocenters. The van der Waals surface area contributed by atoms with E-state index in [-0.39, 0.29) is 12.1 Å². The molecule has 1 aliphatic rings. The van der Waals surface area contributed by atoms with E-state index in [0.29, 0.717) is 46.9 Å². The van der Waals surface area contributed by atoms with Gasteiger partial charge in [0, 0.05) is 24.4 Å². The summed E-state index contributed by atoms with van der Waals surface area (Å²) in [6, 6.07) is 6.50. The van der Waals surface area contributed by atoms with Crippen molar-refractivity contribution in [1.82, 2.24) is 9.88 Å². The Morgan fingerprint density at radius 1 is 1.15 bits per heavy atom. The summed E-state index contributed by atoms with van der Waals surface area (Å²) >= 11 is 5.80. The third-order valence-corrected chi connectivity index (χ3v) is 4.26. The molecular formula is C18H20ClN3O5. The molecule has 2 aromatic rings. The van der Waals surface area contributed by atoms with E-state index in [2.05, 4.69) is 10.3 Å². The molecule has 2 heterocycles. The second kappa shape index (κ2) is 8.22. The topological polar surface area (TPSA) is 82.2 Å². The Labute approximate surface area is 161 Å². The molecule has 1 fully saturated rings. The first-order chi connectivity index (χ1) is 13.0. The van der Waals surface area contributed by atoms with Gasteiger partial charge in [0.15, 0.2) is 11.5 Å². The number of aromatic nitrogens is 1. The maximum Gasteiger partial charge on any atom is 0.322 e. The average Bonchev–Trinajstić information content (AvgIpc) is 2.64. The van der Waals surface area contributed by atoms with Gasteiger partial charge < -0.3 is 29.2 Å². The lowest BCUT2D eigenvalue weighted by atomic mass is 10.2. The molecule has 2 amide bonds. The van der Waals surface area contributed by atoms with Crippen LogP contribution in [0.1, 0.15) is 0 Å². The highest BCUT2D eigenvalue weighted by Gasteiger charge is 2.33. The van der Waals surface area contributed by atoms with E-state index in [9.17, 15) is 4.79 Å². The van der Waals surface area contributed by atoms with Gasteiger partial charge in [0.1, 0.15) is 6.10 Å². The summed E-state index contributed by atoms with van der Waals surface area (Å²) < 4.78 is 21.5. The summed E-state index contributed by atoms with van der Waals surface area (Å²) in [4.78, 5) is 18.1. The first kappa shape index (κ1) is 18.9. The summed E-state index contributed by atoms with van der Waals surface area (Å²) in [5.41, 5.74) is 0.540. The first-order valence-electron chi connectivity index (χ1n) is 8.18. The van der Waals surface area contributed by atoms with Gasteiger partial charge in [0.05, 0.1) is 45.1 Å². The van der Waals surface area contributed by atoms with Crippen LogP contribution in [-0.2, 0) is 0 Å². The van der Waals surface area contributed by atoms with Crippen molar-refractivity contribution in [3.05, 3.63) is 35.5 Å². The zero-order chi connectivity index (χ0) is 19.4. The van der Waals surface area contributed by atoms with Crippen molar-refractivity contribution in [3.8, 4) is 23.1 Å². The number of methoxy groups -OCH3 is 3. The van der Waals surface area contributed by atoms with Crippen LogP contribution in [0.25, 0.3) is 0 Å².